The van der Waals surface area contributed by atoms with Gasteiger partial charge in [-0.25, -0.2) is 9.37 Å². The Hall–Kier alpha value is -3.36. The lowest BCUT2D eigenvalue weighted by Crippen LogP contribution is -2.44. The number of rotatable bonds is 7. The van der Waals surface area contributed by atoms with Crippen LogP contribution in [0.15, 0.2) is 54.7 Å². The monoisotopic (exact) mass is 537 g/mol. The van der Waals surface area contributed by atoms with Gasteiger partial charge < -0.3 is 19.7 Å². The molecule has 3 atom stereocenters. The van der Waals surface area contributed by atoms with Crippen molar-refractivity contribution in [3.05, 3.63) is 76.7 Å². The van der Waals surface area contributed by atoms with Crippen LogP contribution in [-0.4, -0.2) is 43.1 Å². The lowest BCUT2D eigenvalue weighted by Gasteiger charge is -2.21. The van der Waals surface area contributed by atoms with Crippen molar-refractivity contribution in [3.8, 4) is 11.6 Å². The number of carbonyl (C=O) groups is 2. The summed E-state index contributed by atoms with van der Waals surface area (Å²) in [5.41, 5.74) is 0.349. The van der Waals surface area contributed by atoms with Gasteiger partial charge in [-0.1, -0.05) is 11.6 Å². The summed E-state index contributed by atoms with van der Waals surface area (Å²) in [6.45, 7) is -3.31. The second-order valence-corrected chi connectivity index (χ2v) is 8.89. The molecule has 3 aromatic rings. The molecule has 0 aliphatic carbocycles. The predicted molar refractivity (Wildman–Crippen MR) is 131 cm³/mol. The van der Waals surface area contributed by atoms with E-state index >= 15 is 4.39 Å². The van der Waals surface area contributed by atoms with E-state index in [1.807, 2.05) is 0 Å². The van der Waals surface area contributed by atoms with E-state index in [1.54, 1.807) is 6.07 Å². The molecule has 0 radical (unpaired) electrons. The van der Waals surface area contributed by atoms with Crippen LogP contribution in [0, 0.1) is 5.82 Å². The maximum Gasteiger partial charge on any atom is 0.388 e. The molecule has 1 unspecified atom stereocenters. The number of halogens is 4. The second-order valence-electron chi connectivity index (χ2n) is 7.83. The van der Waals surface area contributed by atoms with Gasteiger partial charge in [0.2, 0.25) is 11.8 Å². The van der Waals surface area contributed by atoms with Crippen molar-refractivity contribution < 1.29 is 32.2 Å². The molecule has 12 heteroatoms. The number of nitrogens with one attached hydrogen (secondary N) is 1. The number of benzene rings is 2. The average molecular weight is 538 g/mol. The van der Waals surface area contributed by atoms with E-state index < -0.39 is 42.1 Å². The zero-order valence-corrected chi connectivity index (χ0v) is 20.7. The Labute approximate surface area is 211 Å². The molecule has 1 aliphatic heterocycles. The minimum absolute atomic E-state index is 0.0322. The van der Waals surface area contributed by atoms with Gasteiger partial charge in [-0.05, 0) is 47.8 Å². The fourth-order valence-corrected chi connectivity index (χ4v) is 4.72. The third-order valence-electron chi connectivity index (χ3n) is 5.69. The summed E-state index contributed by atoms with van der Waals surface area (Å²) in [6, 6.07) is 10.3. The molecule has 0 saturated carbocycles. The third kappa shape index (κ3) is 5.24. The van der Waals surface area contributed by atoms with Gasteiger partial charge in [0.05, 0.1) is 7.11 Å². The molecule has 1 aliphatic rings. The lowest BCUT2D eigenvalue weighted by molar-refractivity contribution is -0.118. The number of hydrogen-bond donors (Lipinski definition) is 1. The molecule has 36 heavy (non-hydrogen) atoms. The first-order valence-electron chi connectivity index (χ1n) is 10.6. The van der Waals surface area contributed by atoms with Gasteiger partial charge in [-0.15, -0.1) is 9.24 Å². The maximum absolute atomic E-state index is 15.2. The van der Waals surface area contributed by atoms with Gasteiger partial charge in [0, 0.05) is 40.9 Å². The Morgan fingerprint density at radius 2 is 1.97 bits per heavy atom. The van der Waals surface area contributed by atoms with Crippen LogP contribution in [0.3, 0.4) is 0 Å². The molecule has 188 valence electrons. The summed E-state index contributed by atoms with van der Waals surface area (Å²) in [7, 11) is 3.79. The standard InChI is InChI=1S/C24H20ClF3N3O4P/c1-34-14-9-16(26)19(18(36)10-14)15-11-31(17-3-2-8-29-22(17)35-24(27)28)23(33)20(15)30-21(32)12-4-6-13(25)7-5-12/h2-10,15,20,24H,11,36H2,1H3,(H,30,32)/t15-,20-/m0/s1. The van der Waals surface area contributed by atoms with Crippen molar-refractivity contribution in [2.75, 3.05) is 18.6 Å². The van der Waals surface area contributed by atoms with Crippen LogP contribution < -0.4 is 25.0 Å². The van der Waals surface area contributed by atoms with E-state index in [4.69, 9.17) is 16.3 Å². The number of aromatic nitrogens is 1. The molecule has 1 saturated heterocycles. The zero-order valence-electron chi connectivity index (χ0n) is 18.8. The van der Waals surface area contributed by atoms with Crippen LogP contribution in [0.4, 0.5) is 18.9 Å². The van der Waals surface area contributed by atoms with E-state index in [1.165, 1.54) is 55.8 Å². The Morgan fingerprint density at radius 1 is 1.25 bits per heavy atom. The van der Waals surface area contributed by atoms with Crippen molar-refractivity contribution in [2.45, 2.75) is 18.6 Å². The maximum atomic E-state index is 15.2. The molecular weight excluding hydrogens is 518 g/mol. The quantitative estimate of drug-likeness (QED) is 0.462. The zero-order chi connectivity index (χ0) is 26.0. The minimum Gasteiger partial charge on any atom is -0.497 e. The summed E-state index contributed by atoms with van der Waals surface area (Å²) in [6.07, 6.45) is 1.24. The molecule has 7 nitrogen and oxygen atoms in total. The first-order chi connectivity index (χ1) is 17.2. The summed E-state index contributed by atoms with van der Waals surface area (Å²) in [5, 5.41) is 3.50. The van der Waals surface area contributed by atoms with Gasteiger partial charge in [0.15, 0.2) is 0 Å². The highest BCUT2D eigenvalue weighted by Crippen LogP contribution is 2.38. The lowest BCUT2D eigenvalue weighted by atomic mass is 9.93. The Bertz CT molecular complexity index is 1270. The number of ether oxygens (including phenoxy) is 2. The van der Waals surface area contributed by atoms with Crippen molar-refractivity contribution in [3.63, 3.8) is 0 Å². The van der Waals surface area contributed by atoms with E-state index in [0.29, 0.717) is 10.3 Å². The van der Waals surface area contributed by atoms with E-state index in [0.717, 1.165) is 4.90 Å². The molecule has 1 fully saturated rings. The van der Waals surface area contributed by atoms with Crippen LogP contribution in [0.5, 0.6) is 11.6 Å². The van der Waals surface area contributed by atoms with Crippen molar-refractivity contribution in [1.82, 2.24) is 10.3 Å². The largest absolute Gasteiger partial charge is 0.497 e. The smallest absolute Gasteiger partial charge is 0.388 e. The minimum atomic E-state index is -3.18. The van der Waals surface area contributed by atoms with Crippen LogP contribution in [0.1, 0.15) is 21.8 Å². The van der Waals surface area contributed by atoms with Gasteiger partial charge in [-0.3, -0.25) is 9.59 Å². The fraction of sp³-hybridized carbons (Fsp3) is 0.208. The first-order valence-corrected chi connectivity index (χ1v) is 11.6. The molecule has 2 heterocycles. The summed E-state index contributed by atoms with van der Waals surface area (Å²) in [4.78, 5) is 31.5. The summed E-state index contributed by atoms with van der Waals surface area (Å²) >= 11 is 5.89. The number of amides is 2. The number of anilines is 1. The van der Waals surface area contributed by atoms with Gasteiger partial charge in [-0.2, -0.15) is 8.78 Å². The Balaban J connectivity index is 1.76. The molecule has 2 amide bonds. The van der Waals surface area contributed by atoms with E-state index in [9.17, 15) is 18.4 Å². The molecular formula is C24H20ClF3N3O4P. The highest BCUT2D eigenvalue weighted by Gasteiger charge is 2.45. The number of carbonyl (C=O) groups excluding carboxylic acids is 2. The third-order valence-corrected chi connectivity index (χ3v) is 6.42. The van der Waals surface area contributed by atoms with E-state index in [2.05, 4.69) is 24.3 Å². The van der Waals surface area contributed by atoms with Crippen LogP contribution in [-0.2, 0) is 4.79 Å². The molecule has 1 N–H and O–H groups in total. The number of alkyl halides is 2. The van der Waals surface area contributed by atoms with Crippen molar-refractivity contribution >= 4 is 43.6 Å². The number of nitrogens with zero attached hydrogens (tertiary/aromatic N) is 2. The summed E-state index contributed by atoms with van der Waals surface area (Å²) in [5.74, 6) is -2.97. The molecule has 0 bridgehead atoms. The fourth-order valence-electron chi connectivity index (χ4n) is 4.08. The van der Waals surface area contributed by atoms with Crippen molar-refractivity contribution in [1.29, 1.82) is 0 Å². The molecule has 1 aromatic heterocycles. The number of methoxy groups -OCH3 is 1. The van der Waals surface area contributed by atoms with Crippen LogP contribution in [0.25, 0.3) is 0 Å². The first kappa shape index (κ1) is 25.7. The average Bonchev–Trinajstić information content (AvgIpc) is 3.14. The van der Waals surface area contributed by atoms with Crippen molar-refractivity contribution in [2.24, 2.45) is 0 Å². The molecule has 4 rings (SSSR count). The predicted octanol–water partition coefficient (Wildman–Crippen LogP) is 3.91. The van der Waals surface area contributed by atoms with E-state index in [-0.39, 0.29) is 29.1 Å². The SMILES string of the molecule is COc1cc(F)c([C@@H]2CN(c3cccnc3OC(F)F)C(=O)[C@H]2NC(=O)c2ccc(Cl)cc2)c(P)c1. The highest BCUT2D eigenvalue weighted by molar-refractivity contribution is 7.27. The van der Waals surface area contributed by atoms with Gasteiger partial charge >= 0.3 is 6.61 Å². The Kier molecular flexibility index (Phi) is 7.66. The Morgan fingerprint density at radius 3 is 2.61 bits per heavy atom. The van der Waals surface area contributed by atoms with Crippen LogP contribution in [0.2, 0.25) is 5.02 Å². The highest BCUT2D eigenvalue weighted by atomic mass is 35.5. The van der Waals surface area contributed by atoms with Crippen LogP contribution >= 0.6 is 20.8 Å². The normalized spacial score (nSPS) is 17.4. The molecule has 2 aromatic carbocycles. The summed E-state index contributed by atoms with van der Waals surface area (Å²) < 4.78 is 50.8. The molecule has 0 spiro atoms. The number of hydrogen-bond acceptors (Lipinski definition) is 5. The van der Waals surface area contributed by atoms with Gasteiger partial charge in [0.1, 0.15) is 23.3 Å². The van der Waals surface area contributed by atoms with Gasteiger partial charge in [0.25, 0.3) is 5.91 Å². The topological polar surface area (TPSA) is 80.8 Å². The number of pyridine rings is 1. The second kappa shape index (κ2) is 10.7.